The molecule has 0 unspecified atom stereocenters. The molecule has 106 valence electrons. The number of rotatable bonds is 3. The van der Waals surface area contributed by atoms with Crippen molar-refractivity contribution < 1.29 is 22.4 Å². The first kappa shape index (κ1) is 15.3. The minimum atomic E-state index is -4.51. The number of carbonyl (C=O) groups is 1. The molecule has 0 aromatic heterocycles. The van der Waals surface area contributed by atoms with Crippen LogP contribution in [0, 0.1) is 5.82 Å². The molecule has 0 saturated heterocycles. The lowest BCUT2D eigenvalue weighted by atomic mass is 10.1. The highest BCUT2D eigenvalue weighted by atomic mass is 19.4. The Hall–Kier alpha value is -1.79. The zero-order valence-electron chi connectivity index (χ0n) is 10.5. The van der Waals surface area contributed by atoms with Gasteiger partial charge in [0.2, 0.25) is 0 Å². The van der Waals surface area contributed by atoms with Gasteiger partial charge in [-0.3, -0.25) is 4.79 Å². The summed E-state index contributed by atoms with van der Waals surface area (Å²) in [5.41, 5.74) is 5.13. The Morgan fingerprint density at radius 2 is 1.95 bits per heavy atom. The van der Waals surface area contributed by atoms with Gasteiger partial charge in [0.15, 0.2) is 0 Å². The van der Waals surface area contributed by atoms with E-state index in [0.717, 1.165) is 18.2 Å². The molecule has 1 amide bonds. The number of nitrogens with zero attached hydrogens (tertiary/aromatic N) is 1. The molecule has 2 N–H and O–H groups in total. The van der Waals surface area contributed by atoms with Gasteiger partial charge in [-0.1, -0.05) is 0 Å². The summed E-state index contributed by atoms with van der Waals surface area (Å²) >= 11 is 0. The number of benzene rings is 1. The molecular formula is C12H14F4N2O. The van der Waals surface area contributed by atoms with Crippen molar-refractivity contribution in [3.05, 3.63) is 29.6 Å². The van der Waals surface area contributed by atoms with Crippen LogP contribution in [-0.2, 0) is 0 Å². The molecule has 0 aliphatic rings. The molecular weight excluding hydrogens is 264 g/mol. The van der Waals surface area contributed by atoms with Crippen LogP contribution in [0.15, 0.2) is 18.2 Å². The van der Waals surface area contributed by atoms with Crippen molar-refractivity contribution in [1.29, 1.82) is 0 Å². The predicted octanol–water partition coefficient (Wildman–Crippen LogP) is 2.82. The molecule has 0 saturated carbocycles. The van der Waals surface area contributed by atoms with Crippen LogP contribution in [0.2, 0.25) is 0 Å². The van der Waals surface area contributed by atoms with Crippen LogP contribution in [0.25, 0.3) is 0 Å². The van der Waals surface area contributed by atoms with Gasteiger partial charge in [-0.25, -0.2) is 4.39 Å². The minimum absolute atomic E-state index is 0.139. The fraction of sp³-hybridized carbons (Fsp3) is 0.417. The summed E-state index contributed by atoms with van der Waals surface area (Å²) in [6.07, 6.45) is -4.51. The molecule has 0 radical (unpaired) electrons. The number of carbonyl (C=O) groups excluding carboxylic acids is 1. The van der Waals surface area contributed by atoms with Crippen LogP contribution in [-0.4, -0.2) is 29.6 Å². The normalized spacial score (nSPS) is 11.7. The standard InChI is InChI=1S/C12H14F4N2O/c1-7(2)18(6-12(14,15)16)11(19)9-4-3-8(13)5-10(9)17/h3-5,7H,6,17H2,1-2H3. The van der Waals surface area contributed by atoms with Gasteiger partial charge in [0.05, 0.1) is 5.56 Å². The van der Waals surface area contributed by atoms with E-state index in [9.17, 15) is 22.4 Å². The van der Waals surface area contributed by atoms with Crippen LogP contribution in [0.4, 0.5) is 23.2 Å². The summed E-state index contributed by atoms with van der Waals surface area (Å²) in [6, 6.07) is 2.31. The molecule has 7 heteroatoms. The zero-order chi connectivity index (χ0) is 14.8. The van der Waals surface area contributed by atoms with Gasteiger partial charge in [-0.2, -0.15) is 13.2 Å². The van der Waals surface area contributed by atoms with Crippen LogP contribution in [0.3, 0.4) is 0 Å². The maximum atomic E-state index is 12.9. The van der Waals surface area contributed by atoms with E-state index in [2.05, 4.69) is 0 Å². The average Bonchev–Trinajstić information content (AvgIpc) is 2.23. The van der Waals surface area contributed by atoms with E-state index in [1.165, 1.54) is 13.8 Å². The largest absolute Gasteiger partial charge is 0.406 e. The van der Waals surface area contributed by atoms with Gasteiger partial charge >= 0.3 is 6.18 Å². The number of anilines is 1. The molecule has 0 fully saturated rings. The SMILES string of the molecule is CC(C)N(CC(F)(F)F)C(=O)c1ccc(F)cc1N. The number of nitrogens with two attached hydrogens (primary N) is 1. The predicted molar refractivity (Wildman–Crippen MR) is 63.0 cm³/mol. The second kappa shape index (κ2) is 5.46. The van der Waals surface area contributed by atoms with E-state index < -0.39 is 30.5 Å². The van der Waals surface area contributed by atoms with Crippen molar-refractivity contribution >= 4 is 11.6 Å². The van der Waals surface area contributed by atoms with Gasteiger partial charge in [0.1, 0.15) is 12.4 Å². The fourth-order valence-electron chi connectivity index (χ4n) is 1.57. The molecule has 3 nitrogen and oxygen atoms in total. The topological polar surface area (TPSA) is 46.3 Å². The smallest absolute Gasteiger partial charge is 0.398 e. The quantitative estimate of drug-likeness (QED) is 0.682. The van der Waals surface area contributed by atoms with E-state index in [1.54, 1.807) is 0 Å². The number of halogens is 4. The lowest BCUT2D eigenvalue weighted by molar-refractivity contribution is -0.143. The first-order valence-electron chi connectivity index (χ1n) is 5.54. The summed E-state index contributed by atoms with van der Waals surface area (Å²) in [7, 11) is 0. The third-order valence-electron chi connectivity index (χ3n) is 2.48. The highest BCUT2D eigenvalue weighted by Crippen LogP contribution is 2.22. The second-order valence-electron chi connectivity index (χ2n) is 4.37. The molecule has 0 aliphatic carbocycles. The van der Waals surface area contributed by atoms with E-state index in [0.29, 0.717) is 4.90 Å². The highest BCUT2D eigenvalue weighted by Gasteiger charge is 2.35. The van der Waals surface area contributed by atoms with E-state index in [4.69, 9.17) is 5.73 Å². The fourth-order valence-corrected chi connectivity index (χ4v) is 1.57. The van der Waals surface area contributed by atoms with Gasteiger partial charge in [-0.05, 0) is 32.0 Å². The Balaban J connectivity index is 3.06. The highest BCUT2D eigenvalue weighted by molar-refractivity contribution is 5.99. The maximum Gasteiger partial charge on any atom is 0.406 e. The molecule has 1 aromatic carbocycles. The van der Waals surface area contributed by atoms with Crippen molar-refractivity contribution in [2.45, 2.75) is 26.1 Å². The number of amides is 1. The summed E-state index contributed by atoms with van der Waals surface area (Å²) in [6.45, 7) is 1.55. The second-order valence-corrected chi connectivity index (χ2v) is 4.37. The first-order valence-corrected chi connectivity index (χ1v) is 5.54. The zero-order valence-corrected chi connectivity index (χ0v) is 10.5. The Morgan fingerprint density at radius 1 is 1.37 bits per heavy atom. The summed E-state index contributed by atoms with van der Waals surface area (Å²) in [5, 5.41) is 0. The van der Waals surface area contributed by atoms with Crippen molar-refractivity contribution in [2.75, 3.05) is 12.3 Å². The molecule has 0 bridgehead atoms. The van der Waals surface area contributed by atoms with Gasteiger partial charge in [-0.15, -0.1) is 0 Å². The Kier molecular flexibility index (Phi) is 4.39. The molecule has 1 aromatic rings. The Morgan fingerprint density at radius 3 is 2.37 bits per heavy atom. The van der Waals surface area contributed by atoms with Gasteiger partial charge < -0.3 is 10.6 Å². The van der Waals surface area contributed by atoms with Gasteiger partial charge in [0.25, 0.3) is 5.91 Å². The van der Waals surface area contributed by atoms with E-state index >= 15 is 0 Å². The minimum Gasteiger partial charge on any atom is -0.398 e. The molecule has 0 atom stereocenters. The number of hydrogen-bond acceptors (Lipinski definition) is 2. The maximum absolute atomic E-state index is 12.9. The number of nitrogen functional groups attached to an aromatic ring is 1. The van der Waals surface area contributed by atoms with Crippen LogP contribution >= 0.6 is 0 Å². The summed E-state index contributed by atoms with van der Waals surface area (Å²) in [4.78, 5) is 12.7. The monoisotopic (exact) mass is 278 g/mol. The van der Waals surface area contributed by atoms with Crippen LogP contribution < -0.4 is 5.73 Å². The first-order chi connectivity index (χ1) is 8.61. The van der Waals surface area contributed by atoms with Crippen molar-refractivity contribution in [2.24, 2.45) is 0 Å². The number of hydrogen-bond donors (Lipinski definition) is 1. The Bertz CT molecular complexity index is 471. The molecule has 0 spiro atoms. The van der Waals surface area contributed by atoms with E-state index in [1.807, 2.05) is 0 Å². The van der Waals surface area contributed by atoms with Crippen LogP contribution in [0.5, 0.6) is 0 Å². The third kappa shape index (κ3) is 4.11. The van der Waals surface area contributed by atoms with Crippen LogP contribution in [0.1, 0.15) is 24.2 Å². The lowest BCUT2D eigenvalue weighted by Gasteiger charge is -2.28. The molecule has 0 heterocycles. The van der Waals surface area contributed by atoms with E-state index in [-0.39, 0.29) is 11.3 Å². The summed E-state index contributed by atoms with van der Waals surface area (Å²) < 4.78 is 50.1. The molecule has 0 aliphatic heterocycles. The Labute approximate surface area is 108 Å². The molecule has 1 rings (SSSR count). The van der Waals surface area contributed by atoms with Crippen molar-refractivity contribution in [1.82, 2.24) is 4.90 Å². The third-order valence-corrected chi connectivity index (χ3v) is 2.48. The molecule has 19 heavy (non-hydrogen) atoms. The van der Waals surface area contributed by atoms with Crippen molar-refractivity contribution in [3.63, 3.8) is 0 Å². The number of alkyl halides is 3. The van der Waals surface area contributed by atoms with Gasteiger partial charge in [0, 0.05) is 11.7 Å². The van der Waals surface area contributed by atoms with Crippen molar-refractivity contribution in [3.8, 4) is 0 Å². The average molecular weight is 278 g/mol. The lowest BCUT2D eigenvalue weighted by Crippen LogP contribution is -2.43. The summed E-state index contributed by atoms with van der Waals surface area (Å²) in [5.74, 6) is -1.52.